The van der Waals surface area contributed by atoms with Gasteiger partial charge in [0.2, 0.25) is 0 Å². The van der Waals surface area contributed by atoms with Crippen molar-refractivity contribution in [2.45, 2.75) is 13.5 Å². The van der Waals surface area contributed by atoms with Crippen LogP contribution in [0.15, 0.2) is 73.1 Å². The Bertz CT molecular complexity index is 989. The highest BCUT2D eigenvalue weighted by Crippen LogP contribution is 2.34. The molecule has 2 heterocycles. The van der Waals surface area contributed by atoms with Crippen LogP contribution < -0.4 is 0 Å². The van der Waals surface area contributed by atoms with Crippen molar-refractivity contribution in [3.63, 3.8) is 0 Å². The fourth-order valence-electron chi connectivity index (χ4n) is 3.30. The van der Waals surface area contributed by atoms with Crippen LogP contribution in [0.5, 0.6) is 0 Å². The molecule has 4 rings (SSSR count). The molecule has 0 saturated carbocycles. The number of halogens is 1. The summed E-state index contributed by atoms with van der Waals surface area (Å²) in [5.41, 5.74) is 6.00. The first-order chi connectivity index (χ1) is 11.7. The molecular formula is C21H17ClN2. The van der Waals surface area contributed by atoms with Crippen LogP contribution in [0.3, 0.4) is 0 Å². The summed E-state index contributed by atoms with van der Waals surface area (Å²) in [5.74, 6) is 0. The Balaban J connectivity index is 1.99. The zero-order chi connectivity index (χ0) is 16.5. The van der Waals surface area contributed by atoms with Crippen LogP contribution in [-0.4, -0.2) is 9.55 Å². The molecule has 0 N–H and O–H groups in total. The van der Waals surface area contributed by atoms with Gasteiger partial charge in [-0.05, 0) is 42.3 Å². The molecule has 0 aliphatic carbocycles. The Morgan fingerprint density at radius 1 is 1.00 bits per heavy atom. The lowest BCUT2D eigenvalue weighted by atomic mass is 10.1. The summed E-state index contributed by atoms with van der Waals surface area (Å²) in [6.07, 6.45) is 3.73. The smallest absolute Gasteiger partial charge is 0.0539 e. The quantitative estimate of drug-likeness (QED) is 0.469. The SMILES string of the molecule is Cc1c(-c2cccnc2)n(Cc2ccccc2)c2cc(Cl)ccc12. The van der Waals surface area contributed by atoms with Crippen molar-refractivity contribution in [2.75, 3.05) is 0 Å². The Morgan fingerprint density at radius 2 is 1.83 bits per heavy atom. The van der Waals surface area contributed by atoms with Crippen LogP contribution in [0, 0.1) is 6.92 Å². The van der Waals surface area contributed by atoms with Crippen LogP contribution in [0.1, 0.15) is 11.1 Å². The molecule has 0 fully saturated rings. The fraction of sp³-hybridized carbons (Fsp3) is 0.0952. The van der Waals surface area contributed by atoms with E-state index in [-0.39, 0.29) is 0 Å². The molecule has 0 atom stereocenters. The van der Waals surface area contributed by atoms with Gasteiger partial charge >= 0.3 is 0 Å². The molecule has 0 radical (unpaired) electrons. The lowest BCUT2D eigenvalue weighted by molar-refractivity contribution is 0.842. The van der Waals surface area contributed by atoms with E-state index in [1.165, 1.54) is 22.2 Å². The largest absolute Gasteiger partial charge is 0.336 e. The normalized spacial score (nSPS) is 11.1. The molecule has 2 nitrogen and oxygen atoms in total. The number of pyridine rings is 1. The zero-order valence-electron chi connectivity index (χ0n) is 13.4. The molecule has 24 heavy (non-hydrogen) atoms. The molecule has 118 valence electrons. The molecule has 0 aliphatic heterocycles. The van der Waals surface area contributed by atoms with E-state index in [4.69, 9.17) is 11.6 Å². The van der Waals surface area contributed by atoms with Gasteiger partial charge in [0.25, 0.3) is 0 Å². The van der Waals surface area contributed by atoms with Gasteiger partial charge in [-0.1, -0.05) is 48.0 Å². The number of aromatic nitrogens is 2. The number of aryl methyl sites for hydroxylation is 1. The van der Waals surface area contributed by atoms with Gasteiger partial charge in [0.15, 0.2) is 0 Å². The Hall–Kier alpha value is -2.58. The molecule has 2 aromatic heterocycles. The average Bonchev–Trinajstić information content (AvgIpc) is 2.88. The highest BCUT2D eigenvalue weighted by Gasteiger charge is 2.16. The van der Waals surface area contributed by atoms with Crippen LogP contribution in [-0.2, 0) is 6.54 Å². The van der Waals surface area contributed by atoms with Gasteiger partial charge in [0.05, 0.1) is 11.2 Å². The third-order valence-electron chi connectivity index (χ3n) is 4.40. The maximum Gasteiger partial charge on any atom is 0.0539 e. The Labute approximate surface area is 146 Å². The van der Waals surface area contributed by atoms with E-state index in [0.717, 1.165) is 22.6 Å². The van der Waals surface area contributed by atoms with Crippen molar-refractivity contribution in [3.8, 4) is 11.3 Å². The van der Waals surface area contributed by atoms with E-state index in [2.05, 4.69) is 52.9 Å². The lowest BCUT2D eigenvalue weighted by Crippen LogP contribution is -2.02. The van der Waals surface area contributed by atoms with Crippen LogP contribution in [0.25, 0.3) is 22.2 Å². The fourth-order valence-corrected chi connectivity index (χ4v) is 3.47. The van der Waals surface area contributed by atoms with Gasteiger partial charge in [-0.25, -0.2) is 0 Å². The summed E-state index contributed by atoms with van der Waals surface area (Å²) in [4.78, 5) is 4.30. The first-order valence-electron chi connectivity index (χ1n) is 7.97. The maximum absolute atomic E-state index is 6.28. The Kier molecular flexibility index (Phi) is 3.83. The van der Waals surface area contributed by atoms with E-state index >= 15 is 0 Å². The molecular weight excluding hydrogens is 316 g/mol. The summed E-state index contributed by atoms with van der Waals surface area (Å²) in [5, 5.41) is 1.99. The molecule has 4 aromatic rings. The molecule has 0 unspecified atom stereocenters. The van der Waals surface area contributed by atoms with E-state index in [1.54, 1.807) is 6.20 Å². The molecule has 0 spiro atoms. The highest BCUT2D eigenvalue weighted by atomic mass is 35.5. The Morgan fingerprint density at radius 3 is 2.58 bits per heavy atom. The molecule has 0 aliphatic rings. The highest BCUT2D eigenvalue weighted by molar-refractivity contribution is 6.31. The standard InChI is InChI=1S/C21H17ClN2/c1-15-19-10-9-18(22)12-20(19)24(14-16-6-3-2-4-7-16)21(15)17-8-5-11-23-13-17/h2-13H,14H2,1H3. The van der Waals surface area contributed by atoms with E-state index in [9.17, 15) is 0 Å². The van der Waals surface area contributed by atoms with Crippen molar-refractivity contribution in [2.24, 2.45) is 0 Å². The van der Waals surface area contributed by atoms with E-state index in [1.807, 2.05) is 30.5 Å². The predicted molar refractivity (Wildman–Crippen MR) is 100 cm³/mol. The lowest BCUT2D eigenvalue weighted by Gasteiger charge is -2.12. The topological polar surface area (TPSA) is 17.8 Å². The van der Waals surface area contributed by atoms with Gasteiger partial charge in [0, 0.05) is 34.9 Å². The minimum atomic E-state index is 0.757. The van der Waals surface area contributed by atoms with Gasteiger partial charge in [-0.2, -0.15) is 0 Å². The first kappa shape index (κ1) is 15.0. The summed E-state index contributed by atoms with van der Waals surface area (Å²) in [7, 11) is 0. The molecule has 2 aromatic carbocycles. The van der Waals surface area contributed by atoms with Crippen LogP contribution in [0.2, 0.25) is 5.02 Å². The second-order valence-corrected chi connectivity index (χ2v) is 6.38. The number of fused-ring (bicyclic) bond motifs is 1. The van der Waals surface area contributed by atoms with E-state index < -0.39 is 0 Å². The van der Waals surface area contributed by atoms with Crippen molar-refractivity contribution in [3.05, 3.63) is 89.2 Å². The third-order valence-corrected chi connectivity index (χ3v) is 4.63. The van der Waals surface area contributed by atoms with E-state index in [0.29, 0.717) is 0 Å². The summed E-state index contributed by atoms with van der Waals surface area (Å²) >= 11 is 6.28. The van der Waals surface area contributed by atoms with Crippen LogP contribution in [0.4, 0.5) is 0 Å². The second-order valence-electron chi connectivity index (χ2n) is 5.95. The zero-order valence-corrected chi connectivity index (χ0v) is 14.2. The number of benzene rings is 2. The number of hydrogen-bond acceptors (Lipinski definition) is 1. The van der Waals surface area contributed by atoms with Gasteiger partial charge in [-0.15, -0.1) is 0 Å². The maximum atomic E-state index is 6.28. The van der Waals surface area contributed by atoms with Gasteiger partial charge < -0.3 is 4.57 Å². The van der Waals surface area contributed by atoms with Crippen molar-refractivity contribution < 1.29 is 0 Å². The minimum absolute atomic E-state index is 0.757. The monoisotopic (exact) mass is 332 g/mol. The number of hydrogen-bond donors (Lipinski definition) is 0. The summed E-state index contributed by atoms with van der Waals surface area (Å²) in [6.45, 7) is 2.97. The summed E-state index contributed by atoms with van der Waals surface area (Å²) < 4.78 is 2.34. The van der Waals surface area contributed by atoms with Crippen molar-refractivity contribution >= 4 is 22.5 Å². The number of rotatable bonds is 3. The van der Waals surface area contributed by atoms with Crippen molar-refractivity contribution in [1.82, 2.24) is 9.55 Å². The second kappa shape index (κ2) is 6.14. The molecule has 0 saturated heterocycles. The number of nitrogens with zero attached hydrogens (tertiary/aromatic N) is 2. The molecule has 0 amide bonds. The van der Waals surface area contributed by atoms with Crippen LogP contribution >= 0.6 is 11.6 Å². The summed E-state index contributed by atoms with van der Waals surface area (Å²) in [6, 6.07) is 20.7. The molecule has 0 bridgehead atoms. The third kappa shape index (κ3) is 2.59. The van der Waals surface area contributed by atoms with Crippen molar-refractivity contribution in [1.29, 1.82) is 0 Å². The molecule has 3 heteroatoms. The predicted octanol–water partition coefficient (Wildman–Crippen LogP) is 5.71. The average molecular weight is 333 g/mol. The van der Waals surface area contributed by atoms with Gasteiger partial charge in [-0.3, -0.25) is 4.98 Å². The van der Waals surface area contributed by atoms with Gasteiger partial charge in [0.1, 0.15) is 0 Å². The minimum Gasteiger partial charge on any atom is -0.336 e. The first-order valence-corrected chi connectivity index (χ1v) is 8.34.